The van der Waals surface area contributed by atoms with Gasteiger partial charge in [-0.25, -0.2) is 0 Å². The fraction of sp³-hybridized carbons (Fsp3) is 0.517. The molecule has 4 atom stereocenters. The molecule has 0 aliphatic carbocycles. The molecular formula is C29H47N4O2P. The molecule has 4 unspecified atom stereocenters. The number of nitrogens with zero attached hydrogens (tertiary/aromatic N) is 1. The number of nitrogens with one attached hydrogen (secondary N) is 3. The number of para-hydroxylation sites is 1. The van der Waals surface area contributed by atoms with Gasteiger partial charge < -0.3 is 20.0 Å². The summed E-state index contributed by atoms with van der Waals surface area (Å²) in [6.07, 6.45) is 12.7. The summed E-state index contributed by atoms with van der Waals surface area (Å²) in [5.41, 5.74) is 2.55. The van der Waals surface area contributed by atoms with Gasteiger partial charge in [0.1, 0.15) is 5.82 Å². The predicted octanol–water partition coefficient (Wildman–Crippen LogP) is 6.34. The zero-order chi connectivity index (χ0) is 26.9. The minimum atomic E-state index is -2.02. The van der Waals surface area contributed by atoms with Crippen LogP contribution in [0.25, 0.3) is 0 Å². The molecule has 7 heteroatoms. The van der Waals surface area contributed by atoms with Gasteiger partial charge in [0.2, 0.25) is 0 Å². The lowest BCUT2D eigenvalue weighted by Gasteiger charge is -2.35. The van der Waals surface area contributed by atoms with Crippen LogP contribution in [0.1, 0.15) is 60.3 Å². The average Bonchev–Trinajstić information content (AvgIpc) is 2.80. The van der Waals surface area contributed by atoms with Crippen LogP contribution in [0.2, 0.25) is 0 Å². The second kappa shape index (κ2) is 13.3. The first kappa shape index (κ1) is 30.0. The highest BCUT2D eigenvalue weighted by Crippen LogP contribution is 2.43. The van der Waals surface area contributed by atoms with Crippen LogP contribution in [0.4, 0.5) is 5.69 Å². The van der Waals surface area contributed by atoms with Crippen molar-refractivity contribution < 1.29 is 9.53 Å². The van der Waals surface area contributed by atoms with Crippen molar-refractivity contribution in [1.29, 1.82) is 0 Å². The summed E-state index contributed by atoms with van der Waals surface area (Å²) >= 11 is 0. The van der Waals surface area contributed by atoms with Crippen molar-refractivity contribution in [2.45, 2.75) is 78.5 Å². The molecule has 6 nitrogen and oxygen atoms in total. The first-order chi connectivity index (χ1) is 16.8. The summed E-state index contributed by atoms with van der Waals surface area (Å²) in [4.78, 5) is 13.6. The molecule has 3 N–H and O–H groups in total. The standard InChI is InChI=1S/C29H47N4O2P/c1-22(15-18-29(5,6)7)24(3)31-36(9,32-26-13-11-10-12-14-26)20-17-27(35-8)21-23(2)33-19-16-28(34)30-25(33)4/h10-14,16,19,23-24,27,31-32H,1,4,9,15,17-18,20-21H2,2-3,5-8H3,(H,30,34). The first-order valence-electron chi connectivity index (χ1n) is 12.8. The van der Waals surface area contributed by atoms with Crippen molar-refractivity contribution in [3.63, 3.8) is 0 Å². The monoisotopic (exact) mass is 514 g/mol. The predicted molar refractivity (Wildman–Crippen MR) is 157 cm³/mol. The van der Waals surface area contributed by atoms with E-state index in [1.807, 2.05) is 23.1 Å². The van der Waals surface area contributed by atoms with Gasteiger partial charge in [-0.3, -0.25) is 9.88 Å². The molecule has 1 aromatic rings. The Morgan fingerprint density at radius 3 is 2.47 bits per heavy atom. The van der Waals surface area contributed by atoms with Gasteiger partial charge in [0.05, 0.1) is 6.10 Å². The number of hydrogen-bond donors (Lipinski definition) is 3. The van der Waals surface area contributed by atoms with Gasteiger partial charge in [-0.2, -0.15) is 0 Å². The van der Waals surface area contributed by atoms with E-state index >= 15 is 0 Å². The van der Waals surface area contributed by atoms with E-state index in [4.69, 9.17) is 11.0 Å². The summed E-state index contributed by atoms with van der Waals surface area (Å²) < 4.78 is 5.89. The number of methoxy groups -OCH3 is 1. The molecule has 0 fully saturated rings. The lowest BCUT2D eigenvalue weighted by Crippen LogP contribution is -2.41. The third kappa shape index (κ3) is 10.0. The maximum atomic E-state index is 11.6. The van der Waals surface area contributed by atoms with Gasteiger partial charge in [0.15, 0.2) is 0 Å². The SMILES string of the molecule is C=C(CCC(C)(C)C)C(C)NP(=C)(CCC(CC(C)N1C=CC(=O)NC1=C)OC)Nc1ccccc1. The highest BCUT2D eigenvalue weighted by Gasteiger charge is 2.25. The molecule has 1 aliphatic rings. The number of anilines is 1. The molecule has 0 saturated carbocycles. The molecule has 0 aromatic heterocycles. The Hall–Kier alpha value is -2.27. The summed E-state index contributed by atoms with van der Waals surface area (Å²) in [5.74, 6) is 0.452. The van der Waals surface area contributed by atoms with E-state index in [0.29, 0.717) is 5.82 Å². The fourth-order valence-corrected chi connectivity index (χ4v) is 6.82. The van der Waals surface area contributed by atoms with E-state index < -0.39 is 7.19 Å². The van der Waals surface area contributed by atoms with E-state index in [-0.39, 0.29) is 29.5 Å². The topological polar surface area (TPSA) is 65.6 Å². The fourth-order valence-electron chi connectivity index (χ4n) is 4.22. The van der Waals surface area contributed by atoms with Gasteiger partial charge in [0.25, 0.3) is 5.91 Å². The summed E-state index contributed by atoms with van der Waals surface area (Å²) in [6, 6.07) is 10.5. The molecule has 1 aromatic carbocycles. The van der Waals surface area contributed by atoms with Gasteiger partial charge in [-0.05, 0) is 63.2 Å². The van der Waals surface area contributed by atoms with Crippen molar-refractivity contribution in [1.82, 2.24) is 15.3 Å². The molecule has 1 aliphatic heterocycles. The maximum Gasteiger partial charge on any atom is 0.250 e. The minimum Gasteiger partial charge on any atom is -0.381 e. The third-order valence-corrected chi connectivity index (χ3v) is 9.17. The smallest absolute Gasteiger partial charge is 0.250 e. The van der Waals surface area contributed by atoms with Crippen molar-refractivity contribution in [2.75, 3.05) is 18.4 Å². The molecule has 0 radical (unpaired) electrons. The quantitative estimate of drug-likeness (QED) is 0.200. The summed E-state index contributed by atoms with van der Waals surface area (Å²) in [6.45, 7) is 19.5. The van der Waals surface area contributed by atoms with Crippen LogP contribution in [0, 0.1) is 5.41 Å². The summed E-state index contributed by atoms with van der Waals surface area (Å²) in [7, 11) is -0.259. The second-order valence-corrected chi connectivity index (χ2v) is 14.0. The number of carbonyl (C=O) groups excluding carboxylic acids is 1. The van der Waals surface area contributed by atoms with Gasteiger partial charge in [-0.1, -0.05) is 64.0 Å². The van der Waals surface area contributed by atoms with Crippen LogP contribution in [0.15, 0.2) is 67.2 Å². The summed E-state index contributed by atoms with van der Waals surface area (Å²) in [5, 5.41) is 10.3. The van der Waals surface area contributed by atoms with Crippen LogP contribution in [0.3, 0.4) is 0 Å². The Morgan fingerprint density at radius 1 is 1.22 bits per heavy atom. The maximum absolute atomic E-state index is 11.6. The molecular weight excluding hydrogens is 467 g/mol. The number of amides is 1. The minimum absolute atomic E-state index is 0.0405. The Bertz CT molecular complexity index is 967. The number of carbonyl (C=O) groups is 1. The molecule has 1 amide bonds. The molecule has 200 valence electrons. The molecule has 2 rings (SSSR count). The van der Waals surface area contributed by atoms with Gasteiger partial charge in [0, 0.05) is 44.3 Å². The molecule has 36 heavy (non-hydrogen) atoms. The zero-order valence-corrected chi connectivity index (χ0v) is 24.0. The highest BCUT2D eigenvalue weighted by atomic mass is 31.2. The number of rotatable bonds is 14. The van der Waals surface area contributed by atoms with E-state index in [0.717, 1.165) is 37.5 Å². The van der Waals surface area contributed by atoms with Crippen LogP contribution >= 0.6 is 7.19 Å². The van der Waals surface area contributed by atoms with Crippen molar-refractivity contribution >= 4 is 25.1 Å². The molecule has 0 bridgehead atoms. The molecule has 0 saturated heterocycles. The average molecular weight is 515 g/mol. The normalized spacial score (nSPS) is 18.2. The van der Waals surface area contributed by atoms with Crippen molar-refractivity contribution in [2.24, 2.45) is 5.41 Å². The largest absolute Gasteiger partial charge is 0.381 e. The van der Waals surface area contributed by atoms with Gasteiger partial charge in [-0.15, -0.1) is 0 Å². The number of benzene rings is 1. The lowest BCUT2D eigenvalue weighted by molar-refractivity contribution is -0.116. The van der Waals surface area contributed by atoms with Crippen molar-refractivity contribution in [3.05, 3.63) is 67.2 Å². The lowest BCUT2D eigenvalue weighted by atomic mass is 9.88. The Kier molecular flexibility index (Phi) is 11.1. The van der Waals surface area contributed by atoms with Gasteiger partial charge >= 0.3 is 0 Å². The van der Waals surface area contributed by atoms with Crippen LogP contribution in [0.5, 0.6) is 0 Å². The Labute approximate surface area is 219 Å². The van der Waals surface area contributed by atoms with E-state index in [1.54, 1.807) is 13.3 Å². The highest BCUT2D eigenvalue weighted by molar-refractivity contribution is 7.73. The number of ether oxygens (including phenoxy) is 1. The Balaban J connectivity index is 2.08. The molecule has 1 heterocycles. The zero-order valence-electron chi connectivity index (χ0n) is 23.1. The van der Waals surface area contributed by atoms with E-state index in [1.165, 1.54) is 11.6 Å². The van der Waals surface area contributed by atoms with Crippen LogP contribution in [-0.2, 0) is 9.53 Å². The second-order valence-electron chi connectivity index (χ2n) is 11.1. The molecule has 0 spiro atoms. The van der Waals surface area contributed by atoms with Crippen LogP contribution in [-0.4, -0.2) is 48.6 Å². The van der Waals surface area contributed by atoms with E-state index in [9.17, 15) is 4.79 Å². The number of hydrogen-bond acceptors (Lipinski definition) is 5. The third-order valence-electron chi connectivity index (χ3n) is 6.58. The van der Waals surface area contributed by atoms with Crippen LogP contribution < -0.4 is 15.5 Å². The Morgan fingerprint density at radius 2 is 1.89 bits per heavy atom. The van der Waals surface area contributed by atoms with Crippen molar-refractivity contribution in [3.8, 4) is 0 Å². The first-order valence-corrected chi connectivity index (χ1v) is 15.0. The van der Waals surface area contributed by atoms with E-state index in [2.05, 4.69) is 75.4 Å².